The number of hydrogen-bond acceptors (Lipinski definition) is 8. The number of methoxy groups -OCH3 is 1. The molecule has 1 aliphatic carbocycles. The zero-order valence-corrected chi connectivity index (χ0v) is 25.0. The van der Waals surface area contributed by atoms with E-state index >= 15 is 0 Å². The van der Waals surface area contributed by atoms with E-state index < -0.39 is 23.1 Å². The molecule has 5 rings (SSSR count). The summed E-state index contributed by atoms with van der Waals surface area (Å²) in [6.45, 7) is 9.17. The van der Waals surface area contributed by atoms with Crippen molar-refractivity contribution in [3.63, 3.8) is 0 Å². The van der Waals surface area contributed by atoms with Crippen LogP contribution in [-0.2, 0) is 4.79 Å². The fourth-order valence-electron chi connectivity index (χ4n) is 5.07. The van der Waals surface area contributed by atoms with Crippen LogP contribution in [0.4, 0.5) is 22.1 Å². The summed E-state index contributed by atoms with van der Waals surface area (Å²) in [4.78, 5) is 34.9. The molecule has 1 aliphatic rings. The second-order valence-corrected chi connectivity index (χ2v) is 11.6. The lowest BCUT2D eigenvalue weighted by Gasteiger charge is -2.40. The first kappa shape index (κ1) is 29.6. The number of carboxylic acid groups (broad SMARTS) is 1. The fourth-order valence-corrected chi connectivity index (χ4v) is 5.27. The molecule has 13 heteroatoms. The SMILES string of the molecule is C=CC(=O)Nc1cc(Nc2ncc(Cl)c(-c3cnn4ccccc34)n2)c(OC)cc1OCC1(N(C(=O)O)C(C)(C)C)CC1. The molecular weight excluding hydrogens is 574 g/mol. The first-order chi connectivity index (χ1) is 20.5. The molecule has 0 aliphatic heterocycles. The molecule has 0 spiro atoms. The Morgan fingerprint density at radius 2 is 1.98 bits per heavy atom. The number of hydrogen-bond donors (Lipinski definition) is 3. The summed E-state index contributed by atoms with van der Waals surface area (Å²) >= 11 is 6.49. The van der Waals surface area contributed by atoms with E-state index in [1.807, 2.05) is 45.2 Å². The number of anilines is 3. The molecule has 1 saturated carbocycles. The molecule has 0 atom stereocenters. The monoisotopic (exact) mass is 605 g/mol. The average Bonchev–Trinajstić information content (AvgIpc) is 3.60. The van der Waals surface area contributed by atoms with Gasteiger partial charge in [0.05, 0.1) is 52.7 Å². The van der Waals surface area contributed by atoms with Gasteiger partial charge < -0.3 is 25.2 Å². The van der Waals surface area contributed by atoms with Crippen LogP contribution in [0, 0.1) is 0 Å². The molecular formula is C30H32ClN7O5. The zero-order valence-electron chi connectivity index (χ0n) is 24.2. The van der Waals surface area contributed by atoms with Crippen LogP contribution in [0.15, 0.2) is 61.6 Å². The fraction of sp³-hybridized carbons (Fsp3) is 0.300. The van der Waals surface area contributed by atoms with E-state index in [1.165, 1.54) is 18.2 Å². The number of benzene rings is 1. The Morgan fingerprint density at radius 3 is 2.63 bits per heavy atom. The molecule has 43 heavy (non-hydrogen) atoms. The van der Waals surface area contributed by atoms with Crippen LogP contribution < -0.4 is 20.1 Å². The van der Waals surface area contributed by atoms with Crippen LogP contribution in [0.25, 0.3) is 16.8 Å². The lowest BCUT2D eigenvalue weighted by atomic mass is 10.0. The average molecular weight is 606 g/mol. The first-order valence-electron chi connectivity index (χ1n) is 13.5. The molecule has 0 bridgehead atoms. The second kappa shape index (κ2) is 11.4. The Hall–Kier alpha value is -4.84. The first-order valence-corrected chi connectivity index (χ1v) is 13.9. The number of pyridine rings is 1. The Bertz CT molecular complexity index is 1710. The molecule has 0 unspecified atom stereocenters. The minimum absolute atomic E-state index is 0.0900. The second-order valence-electron chi connectivity index (χ2n) is 11.1. The minimum atomic E-state index is -1.02. The number of halogens is 1. The van der Waals surface area contributed by atoms with Gasteiger partial charge in [-0.15, -0.1) is 0 Å². The molecule has 1 fully saturated rings. The minimum Gasteiger partial charge on any atom is -0.494 e. The van der Waals surface area contributed by atoms with E-state index in [2.05, 4.69) is 32.3 Å². The number of rotatable bonds is 10. The maximum Gasteiger partial charge on any atom is 0.408 e. The van der Waals surface area contributed by atoms with Crippen molar-refractivity contribution in [1.82, 2.24) is 24.5 Å². The molecule has 1 aromatic carbocycles. The van der Waals surface area contributed by atoms with E-state index in [9.17, 15) is 14.7 Å². The van der Waals surface area contributed by atoms with Gasteiger partial charge in [-0.05, 0) is 57.9 Å². The third kappa shape index (κ3) is 6.05. The Morgan fingerprint density at radius 1 is 1.21 bits per heavy atom. The van der Waals surface area contributed by atoms with E-state index in [1.54, 1.807) is 22.8 Å². The lowest BCUT2D eigenvalue weighted by Crippen LogP contribution is -2.55. The highest BCUT2D eigenvalue weighted by Gasteiger charge is 2.55. The Balaban J connectivity index is 1.47. The van der Waals surface area contributed by atoms with Crippen LogP contribution >= 0.6 is 11.6 Å². The molecule has 2 amide bonds. The number of aromatic nitrogens is 4. The highest BCUT2D eigenvalue weighted by atomic mass is 35.5. The number of nitrogens with one attached hydrogen (secondary N) is 2. The molecule has 12 nitrogen and oxygen atoms in total. The van der Waals surface area contributed by atoms with Gasteiger partial charge in [-0.3, -0.25) is 9.69 Å². The van der Waals surface area contributed by atoms with Crippen LogP contribution in [0.3, 0.4) is 0 Å². The van der Waals surface area contributed by atoms with Crippen LogP contribution in [0.1, 0.15) is 33.6 Å². The van der Waals surface area contributed by atoms with Crippen molar-refractivity contribution in [2.45, 2.75) is 44.7 Å². The van der Waals surface area contributed by atoms with Crippen molar-refractivity contribution in [3.05, 3.63) is 66.6 Å². The molecule has 3 heterocycles. The van der Waals surface area contributed by atoms with Crippen molar-refractivity contribution in [2.75, 3.05) is 24.4 Å². The molecule has 3 aromatic heterocycles. The Labute approximate surface area is 253 Å². The van der Waals surface area contributed by atoms with Crippen molar-refractivity contribution >= 4 is 46.4 Å². The van der Waals surface area contributed by atoms with Gasteiger partial charge in [0, 0.05) is 23.4 Å². The van der Waals surface area contributed by atoms with Gasteiger partial charge in [0.15, 0.2) is 0 Å². The maximum absolute atomic E-state index is 12.4. The number of fused-ring (bicyclic) bond motifs is 1. The third-order valence-corrected chi connectivity index (χ3v) is 7.35. The molecule has 0 radical (unpaired) electrons. The predicted octanol–water partition coefficient (Wildman–Crippen LogP) is 6.01. The zero-order chi connectivity index (χ0) is 30.9. The molecule has 0 saturated heterocycles. The van der Waals surface area contributed by atoms with Crippen molar-refractivity contribution in [3.8, 4) is 22.8 Å². The van der Waals surface area contributed by atoms with Crippen molar-refractivity contribution < 1.29 is 24.2 Å². The quantitative estimate of drug-likeness (QED) is 0.185. The number of amides is 2. The van der Waals surface area contributed by atoms with Crippen molar-refractivity contribution in [1.29, 1.82) is 0 Å². The lowest BCUT2D eigenvalue weighted by molar-refractivity contribution is -0.111. The number of carbonyl (C=O) groups excluding carboxylic acids is 1. The predicted molar refractivity (Wildman–Crippen MR) is 163 cm³/mol. The molecule has 4 aromatic rings. The van der Waals surface area contributed by atoms with Crippen molar-refractivity contribution in [2.24, 2.45) is 0 Å². The van der Waals surface area contributed by atoms with Gasteiger partial charge in [-0.1, -0.05) is 24.2 Å². The largest absolute Gasteiger partial charge is 0.494 e. The molecule has 224 valence electrons. The standard InChI is InChI=1S/C30H32ClN7O5/c1-6-25(39)34-21-13-20(23(42-5)14-24(21)43-17-30(10-11-30)38(28(40)41)29(2,3)4)35-27-32-16-19(31)26(36-27)18-15-33-37-12-8-7-9-22(18)37/h6-9,12-16H,1,10-11,17H2,2-5H3,(H,34,39)(H,40,41)(H,32,35,36). The number of carbonyl (C=O) groups is 2. The van der Waals surface area contributed by atoms with E-state index in [0.717, 1.165) is 17.2 Å². The summed E-state index contributed by atoms with van der Waals surface area (Å²) in [6, 6.07) is 8.92. The van der Waals surface area contributed by atoms with Crippen LogP contribution in [0.2, 0.25) is 5.02 Å². The van der Waals surface area contributed by atoms with Gasteiger partial charge >= 0.3 is 6.09 Å². The summed E-state index contributed by atoms with van der Waals surface area (Å²) in [5.74, 6) is 0.439. The highest BCUT2D eigenvalue weighted by Crippen LogP contribution is 2.47. The number of ether oxygens (including phenoxy) is 2. The van der Waals surface area contributed by atoms with E-state index in [4.69, 9.17) is 21.1 Å². The van der Waals surface area contributed by atoms with Gasteiger partial charge in [0.2, 0.25) is 11.9 Å². The van der Waals surface area contributed by atoms with E-state index in [0.29, 0.717) is 46.4 Å². The van der Waals surface area contributed by atoms with Gasteiger partial charge in [0.25, 0.3) is 0 Å². The summed E-state index contributed by atoms with van der Waals surface area (Å²) in [5, 5.41) is 20.6. The molecule has 3 N–H and O–H groups in total. The van der Waals surface area contributed by atoms with Gasteiger partial charge in [0.1, 0.15) is 18.1 Å². The summed E-state index contributed by atoms with van der Waals surface area (Å²) in [6.07, 6.45) is 6.43. The van der Waals surface area contributed by atoms with Crippen LogP contribution in [0.5, 0.6) is 11.5 Å². The summed E-state index contributed by atoms with van der Waals surface area (Å²) < 4.78 is 13.6. The van der Waals surface area contributed by atoms with E-state index in [-0.39, 0.29) is 12.6 Å². The maximum atomic E-state index is 12.4. The number of nitrogens with zero attached hydrogens (tertiary/aromatic N) is 5. The van der Waals surface area contributed by atoms with Gasteiger partial charge in [-0.2, -0.15) is 5.10 Å². The highest BCUT2D eigenvalue weighted by molar-refractivity contribution is 6.33. The Kier molecular flexibility index (Phi) is 7.89. The van der Waals surface area contributed by atoms with Gasteiger partial charge in [-0.25, -0.2) is 19.3 Å². The normalized spacial score (nSPS) is 13.7. The van der Waals surface area contributed by atoms with Crippen LogP contribution in [-0.4, -0.2) is 66.4 Å². The smallest absolute Gasteiger partial charge is 0.408 e. The summed E-state index contributed by atoms with van der Waals surface area (Å²) in [5.41, 5.74) is 1.48. The third-order valence-electron chi connectivity index (χ3n) is 7.08. The summed E-state index contributed by atoms with van der Waals surface area (Å²) in [7, 11) is 1.49. The topological polar surface area (TPSA) is 143 Å².